The van der Waals surface area contributed by atoms with Crippen LogP contribution < -0.4 is 5.73 Å². The number of hydrogen-bond acceptors (Lipinski definition) is 1. The molecule has 0 saturated heterocycles. The molecule has 0 saturated carbocycles. The number of rotatable bonds is 1. The Morgan fingerprint density at radius 3 is 2.21 bits per heavy atom. The number of halogens is 5. The molecule has 0 unspecified atom stereocenters. The Balaban J connectivity index is 0.00000169. The molecule has 0 amide bonds. The second kappa shape index (κ2) is 4.87. The highest BCUT2D eigenvalue weighted by Gasteiger charge is 2.32. The van der Waals surface area contributed by atoms with Gasteiger partial charge in [0.2, 0.25) is 0 Å². The zero-order valence-electron chi connectivity index (χ0n) is 6.94. The highest BCUT2D eigenvalue weighted by atomic mass is 35.5. The summed E-state index contributed by atoms with van der Waals surface area (Å²) < 4.78 is 36.5. The van der Waals surface area contributed by atoms with Gasteiger partial charge in [-0.2, -0.15) is 13.2 Å². The Morgan fingerprint density at radius 1 is 1.29 bits per heavy atom. The number of alkyl halides is 3. The van der Waals surface area contributed by atoms with Gasteiger partial charge in [0.25, 0.3) is 0 Å². The van der Waals surface area contributed by atoms with Gasteiger partial charge in [0.15, 0.2) is 0 Å². The van der Waals surface area contributed by atoms with Crippen LogP contribution in [0.2, 0.25) is 5.02 Å². The average Bonchev–Trinajstić information content (AvgIpc) is 2.01. The second-order valence-corrected chi connectivity index (χ2v) is 2.92. The van der Waals surface area contributed by atoms with Gasteiger partial charge in [0.05, 0.1) is 10.6 Å². The highest BCUT2D eigenvalue weighted by Crippen LogP contribution is 2.34. The minimum atomic E-state index is -4.40. The Labute approximate surface area is 90.5 Å². The summed E-state index contributed by atoms with van der Waals surface area (Å²) in [5.41, 5.74) is 4.99. The van der Waals surface area contributed by atoms with Gasteiger partial charge >= 0.3 is 6.18 Å². The molecule has 0 bridgehead atoms. The molecule has 0 spiro atoms. The van der Waals surface area contributed by atoms with Crippen molar-refractivity contribution in [1.29, 1.82) is 0 Å². The maximum Gasteiger partial charge on any atom is 0.417 e. The first-order chi connectivity index (χ1) is 5.95. The molecule has 6 heteroatoms. The number of hydrogen-bond donors (Lipinski definition) is 1. The molecule has 0 heterocycles. The first-order valence-electron chi connectivity index (χ1n) is 3.51. The van der Waals surface area contributed by atoms with Crippen molar-refractivity contribution in [3.8, 4) is 0 Å². The van der Waals surface area contributed by atoms with Crippen molar-refractivity contribution in [1.82, 2.24) is 0 Å². The fourth-order valence-corrected chi connectivity index (χ4v) is 1.23. The van der Waals surface area contributed by atoms with Crippen LogP contribution in [0.15, 0.2) is 18.2 Å². The molecule has 0 aliphatic heterocycles. The summed E-state index contributed by atoms with van der Waals surface area (Å²) in [5, 5.41) is -0.310. The lowest BCUT2D eigenvalue weighted by molar-refractivity contribution is -0.137. The molecule has 2 N–H and O–H groups in total. The molecule has 80 valence electrons. The van der Waals surface area contributed by atoms with Crippen molar-refractivity contribution < 1.29 is 13.2 Å². The van der Waals surface area contributed by atoms with E-state index in [1.54, 1.807) is 0 Å². The average molecular weight is 246 g/mol. The number of nitrogens with two attached hydrogens (primary N) is 1. The summed E-state index contributed by atoms with van der Waals surface area (Å²) in [7, 11) is 0. The normalized spacial score (nSPS) is 10.9. The van der Waals surface area contributed by atoms with Crippen molar-refractivity contribution in [2.24, 2.45) is 5.73 Å². The Kier molecular flexibility index (Phi) is 4.71. The lowest BCUT2D eigenvalue weighted by Gasteiger charge is -2.09. The zero-order valence-corrected chi connectivity index (χ0v) is 8.51. The fraction of sp³-hybridized carbons (Fsp3) is 0.250. The first kappa shape index (κ1) is 13.5. The van der Waals surface area contributed by atoms with Crippen molar-refractivity contribution in [3.63, 3.8) is 0 Å². The molecule has 0 radical (unpaired) electrons. The van der Waals surface area contributed by atoms with E-state index in [-0.39, 0.29) is 24.0 Å². The van der Waals surface area contributed by atoms with E-state index in [9.17, 15) is 13.2 Å². The van der Waals surface area contributed by atoms with Gasteiger partial charge in [0.1, 0.15) is 0 Å². The predicted molar refractivity (Wildman–Crippen MR) is 51.6 cm³/mol. The summed E-state index contributed by atoms with van der Waals surface area (Å²) in [4.78, 5) is 0. The third kappa shape index (κ3) is 3.04. The van der Waals surface area contributed by atoms with Crippen molar-refractivity contribution >= 4 is 24.0 Å². The molecule has 1 rings (SSSR count). The van der Waals surface area contributed by atoms with Gasteiger partial charge in [-0.05, 0) is 17.7 Å². The molecule has 0 aliphatic carbocycles. The van der Waals surface area contributed by atoms with Gasteiger partial charge in [-0.15, -0.1) is 12.4 Å². The molecular weight excluding hydrogens is 238 g/mol. The monoisotopic (exact) mass is 245 g/mol. The van der Waals surface area contributed by atoms with Crippen molar-refractivity contribution in [2.75, 3.05) is 0 Å². The summed E-state index contributed by atoms with van der Waals surface area (Å²) >= 11 is 5.42. The van der Waals surface area contributed by atoms with Gasteiger partial charge in [-0.25, -0.2) is 0 Å². The second-order valence-electron chi connectivity index (χ2n) is 2.52. The third-order valence-corrected chi connectivity index (χ3v) is 1.89. The van der Waals surface area contributed by atoms with Crippen LogP contribution in [-0.2, 0) is 12.7 Å². The van der Waals surface area contributed by atoms with Crippen LogP contribution >= 0.6 is 24.0 Å². The topological polar surface area (TPSA) is 26.0 Å². The highest BCUT2D eigenvalue weighted by molar-refractivity contribution is 6.31. The molecule has 0 aliphatic rings. The first-order valence-corrected chi connectivity index (χ1v) is 3.88. The third-order valence-electron chi connectivity index (χ3n) is 1.57. The summed E-state index contributed by atoms with van der Waals surface area (Å²) in [6.07, 6.45) is -4.40. The molecule has 1 nitrogen and oxygen atoms in total. The maximum atomic E-state index is 12.2. The fourth-order valence-electron chi connectivity index (χ4n) is 0.915. The van der Waals surface area contributed by atoms with Gasteiger partial charge in [-0.1, -0.05) is 17.7 Å². The molecule has 0 fully saturated rings. The van der Waals surface area contributed by atoms with Crippen LogP contribution in [0.5, 0.6) is 0 Å². The van der Waals surface area contributed by atoms with E-state index < -0.39 is 11.7 Å². The van der Waals surface area contributed by atoms with E-state index in [0.29, 0.717) is 5.56 Å². The lowest BCUT2D eigenvalue weighted by atomic mass is 10.1. The van der Waals surface area contributed by atoms with Crippen LogP contribution in [-0.4, -0.2) is 0 Å². The molecular formula is C8H8Cl2F3N. The van der Waals surface area contributed by atoms with Crippen LogP contribution in [0, 0.1) is 0 Å². The molecule has 0 aromatic heterocycles. The van der Waals surface area contributed by atoms with E-state index in [1.165, 1.54) is 12.1 Å². The molecule has 1 aromatic rings. The minimum Gasteiger partial charge on any atom is -0.326 e. The largest absolute Gasteiger partial charge is 0.417 e. The summed E-state index contributed by atoms with van der Waals surface area (Å²) in [6.45, 7) is 0.178. The van der Waals surface area contributed by atoms with Crippen molar-refractivity contribution in [3.05, 3.63) is 34.3 Å². The van der Waals surface area contributed by atoms with E-state index in [2.05, 4.69) is 0 Å². The van der Waals surface area contributed by atoms with E-state index in [0.717, 1.165) is 6.07 Å². The van der Waals surface area contributed by atoms with Crippen LogP contribution in [0.1, 0.15) is 11.1 Å². The molecule has 0 atom stereocenters. The van der Waals surface area contributed by atoms with Crippen LogP contribution in [0.25, 0.3) is 0 Å². The predicted octanol–water partition coefficient (Wildman–Crippen LogP) is 3.24. The van der Waals surface area contributed by atoms with Gasteiger partial charge < -0.3 is 5.73 Å². The quantitative estimate of drug-likeness (QED) is 0.808. The van der Waals surface area contributed by atoms with E-state index in [1.807, 2.05) is 0 Å². The summed E-state index contributed by atoms with van der Waals surface area (Å²) in [5.74, 6) is 0. The Morgan fingerprint density at radius 2 is 1.86 bits per heavy atom. The van der Waals surface area contributed by atoms with Gasteiger partial charge in [-0.3, -0.25) is 0 Å². The minimum absolute atomic E-state index is 0. The molecule has 1 aromatic carbocycles. The van der Waals surface area contributed by atoms with Gasteiger partial charge in [0, 0.05) is 6.54 Å². The summed E-state index contributed by atoms with van der Waals surface area (Å²) in [6, 6.07) is 3.48. The molecule has 14 heavy (non-hydrogen) atoms. The van der Waals surface area contributed by atoms with Crippen LogP contribution in [0.4, 0.5) is 13.2 Å². The van der Waals surface area contributed by atoms with Crippen molar-refractivity contribution in [2.45, 2.75) is 12.7 Å². The number of benzene rings is 1. The van der Waals surface area contributed by atoms with Crippen LogP contribution in [0.3, 0.4) is 0 Å². The standard InChI is InChI=1S/C8H7ClF3N.ClH/c9-7-3-5(4-13)1-2-6(7)8(10,11)12;/h1-3H,4,13H2;1H. The lowest BCUT2D eigenvalue weighted by Crippen LogP contribution is -2.06. The Hall–Kier alpha value is -0.450. The maximum absolute atomic E-state index is 12.2. The zero-order chi connectivity index (χ0) is 10.1. The Bertz CT molecular complexity index is 312. The van der Waals surface area contributed by atoms with E-state index >= 15 is 0 Å². The smallest absolute Gasteiger partial charge is 0.326 e. The van der Waals surface area contributed by atoms with E-state index in [4.69, 9.17) is 17.3 Å². The SMILES string of the molecule is Cl.NCc1ccc(C(F)(F)F)c(Cl)c1.